The van der Waals surface area contributed by atoms with E-state index >= 15 is 0 Å². The molecule has 0 bridgehead atoms. The van der Waals surface area contributed by atoms with Gasteiger partial charge in [-0.2, -0.15) is 0 Å². The van der Waals surface area contributed by atoms with Crippen LogP contribution in [0, 0.1) is 50.7 Å². The van der Waals surface area contributed by atoms with Crippen LogP contribution in [-0.4, -0.2) is 15.6 Å². The van der Waals surface area contributed by atoms with Gasteiger partial charge in [0.1, 0.15) is 0 Å². The predicted molar refractivity (Wildman–Crippen MR) is 126 cm³/mol. The Morgan fingerprint density at radius 3 is 2.25 bits per heavy atom. The lowest BCUT2D eigenvalue weighted by Crippen LogP contribution is -2.57. The average molecular weight is 499 g/mol. The Morgan fingerprint density at radius 1 is 0.857 bits per heavy atom. The Morgan fingerprint density at radius 2 is 1.54 bits per heavy atom. The summed E-state index contributed by atoms with van der Waals surface area (Å²) < 4.78 is 1.32. The first kappa shape index (κ1) is 20.6. The molecule has 1 N–H and O–H groups in total. The van der Waals surface area contributed by atoms with Gasteiger partial charge in [-0.25, -0.2) is 0 Å². The van der Waals surface area contributed by atoms with E-state index in [0.717, 1.165) is 30.1 Å². The first-order chi connectivity index (χ1) is 13.1. The van der Waals surface area contributed by atoms with Crippen molar-refractivity contribution in [3.8, 4) is 0 Å². The van der Waals surface area contributed by atoms with Gasteiger partial charge in [-0.05, 0) is 119 Å². The van der Waals surface area contributed by atoms with Gasteiger partial charge < -0.3 is 5.11 Å². The van der Waals surface area contributed by atoms with Crippen LogP contribution in [0.1, 0.15) is 98.8 Å². The van der Waals surface area contributed by atoms with Crippen molar-refractivity contribution in [3.63, 3.8) is 0 Å². The SMILES string of the molecule is C[C@H](CCI)[C@H]1CC[C@@]2(C)C3CCC4C(C)(C)[C@@H](O)CC[C@@]45C[C@@]35CC[C@]12C. The first-order valence-electron chi connectivity index (χ1n) is 12.3. The standard InChI is InChI=1S/C26H43IO/c1-17(10-15-27)18-8-11-24(5)20-7-6-19-22(2,3)21(28)9-12-25(19)16-26(20,25)14-13-23(18,24)4/h17-21,28H,6-16H2,1-5H3/t17-,18-,19?,20?,21+,23-,24+,25-,26+/m1/s1. The van der Waals surface area contributed by atoms with Crippen molar-refractivity contribution in [1.29, 1.82) is 0 Å². The highest BCUT2D eigenvalue weighted by Gasteiger charge is 2.82. The molecule has 0 aromatic heterocycles. The molecule has 5 aliphatic rings. The molecule has 0 heterocycles. The largest absolute Gasteiger partial charge is 0.393 e. The average Bonchev–Trinajstić information content (AvgIpc) is 3.22. The number of alkyl halides is 1. The first-order valence-corrected chi connectivity index (χ1v) is 13.9. The van der Waals surface area contributed by atoms with E-state index in [0.29, 0.717) is 21.7 Å². The van der Waals surface area contributed by atoms with Crippen LogP contribution in [0.15, 0.2) is 0 Å². The fourth-order valence-electron chi connectivity index (χ4n) is 10.7. The van der Waals surface area contributed by atoms with Crippen molar-refractivity contribution in [1.82, 2.24) is 0 Å². The third kappa shape index (κ3) is 2.19. The lowest BCUT2D eigenvalue weighted by atomic mass is 9.42. The summed E-state index contributed by atoms with van der Waals surface area (Å²) >= 11 is 2.59. The van der Waals surface area contributed by atoms with E-state index in [4.69, 9.17) is 0 Å². The fourth-order valence-corrected chi connectivity index (χ4v) is 11.7. The number of rotatable bonds is 3. The summed E-state index contributed by atoms with van der Waals surface area (Å²) in [4.78, 5) is 0. The summed E-state index contributed by atoms with van der Waals surface area (Å²) in [6.07, 6.45) is 14.0. The number of halogens is 1. The molecule has 160 valence electrons. The molecule has 0 aliphatic heterocycles. The molecule has 1 nitrogen and oxygen atoms in total. The summed E-state index contributed by atoms with van der Waals surface area (Å²) in [5.74, 6) is 3.56. The smallest absolute Gasteiger partial charge is 0.0594 e. The molecule has 2 spiro atoms. The van der Waals surface area contributed by atoms with Crippen molar-refractivity contribution >= 4 is 22.6 Å². The topological polar surface area (TPSA) is 20.2 Å². The quantitative estimate of drug-likeness (QED) is 0.321. The third-order valence-corrected chi connectivity index (χ3v) is 13.0. The van der Waals surface area contributed by atoms with Gasteiger partial charge in [0.15, 0.2) is 0 Å². The lowest BCUT2D eigenvalue weighted by Gasteiger charge is -2.63. The van der Waals surface area contributed by atoms with E-state index in [2.05, 4.69) is 57.2 Å². The van der Waals surface area contributed by atoms with E-state index in [1.165, 1.54) is 62.2 Å². The Hall–Kier alpha value is 0.690. The zero-order valence-electron chi connectivity index (χ0n) is 19.0. The molecule has 0 aromatic carbocycles. The predicted octanol–water partition coefficient (Wildman–Crippen LogP) is 7.25. The van der Waals surface area contributed by atoms with Gasteiger partial charge in [0, 0.05) is 0 Å². The maximum absolute atomic E-state index is 10.8. The molecule has 5 fully saturated rings. The van der Waals surface area contributed by atoms with Gasteiger partial charge in [-0.1, -0.05) is 57.2 Å². The van der Waals surface area contributed by atoms with E-state index in [-0.39, 0.29) is 11.5 Å². The van der Waals surface area contributed by atoms with Crippen molar-refractivity contribution in [2.75, 3.05) is 4.43 Å². The summed E-state index contributed by atoms with van der Waals surface area (Å²) in [6, 6.07) is 0. The molecule has 2 unspecified atom stereocenters. The van der Waals surface area contributed by atoms with E-state index in [1.807, 2.05) is 0 Å². The number of fused-ring (bicyclic) bond motifs is 2. The van der Waals surface area contributed by atoms with Crippen LogP contribution >= 0.6 is 22.6 Å². The molecule has 5 aliphatic carbocycles. The number of hydrogen-bond donors (Lipinski definition) is 1. The zero-order chi connectivity index (χ0) is 20.2. The molecular weight excluding hydrogens is 455 g/mol. The molecule has 0 saturated heterocycles. The number of aliphatic hydroxyl groups excluding tert-OH is 1. The van der Waals surface area contributed by atoms with Crippen molar-refractivity contribution in [2.24, 2.45) is 50.7 Å². The molecular formula is C26H43IO. The molecule has 0 radical (unpaired) electrons. The minimum absolute atomic E-state index is 0.0771. The second-order valence-electron chi connectivity index (χ2n) is 13.0. The Balaban J connectivity index is 1.49. The summed E-state index contributed by atoms with van der Waals surface area (Å²) in [7, 11) is 0. The van der Waals surface area contributed by atoms with Gasteiger partial charge >= 0.3 is 0 Å². The van der Waals surface area contributed by atoms with Gasteiger partial charge in [0.05, 0.1) is 6.10 Å². The van der Waals surface area contributed by atoms with Crippen LogP contribution in [0.25, 0.3) is 0 Å². The Labute approximate surface area is 187 Å². The minimum atomic E-state index is -0.0771. The van der Waals surface area contributed by atoms with E-state index < -0.39 is 0 Å². The highest BCUT2D eigenvalue weighted by molar-refractivity contribution is 14.1. The van der Waals surface area contributed by atoms with E-state index in [1.54, 1.807) is 0 Å². The monoisotopic (exact) mass is 498 g/mol. The second-order valence-corrected chi connectivity index (χ2v) is 14.1. The lowest BCUT2D eigenvalue weighted by molar-refractivity contribution is -0.161. The highest BCUT2D eigenvalue weighted by Crippen LogP contribution is 2.89. The number of aliphatic hydroxyl groups is 1. The highest BCUT2D eigenvalue weighted by atomic mass is 127. The van der Waals surface area contributed by atoms with Gasteiger partial charge in [-0.3, -0.25) is 0 Å². The van der Waals surface area contributed by atoms with Crippen LogP contribution < -0.4 is 0 Å². The van der Waals surface area contributed by atoms with Gasteiger partial charge in [0.2, 0.25) is 0 Å². The molecule has 5 rings (SSSR count). The van der Waals surface area contributed by atoms with Crippen LogP contribution in [-0.2, 0) is 0 Å². The zero-order valence-corrected chi connectivity index (χ0v) is 21.1. The third-order valence-electron chi connectivity index (χ3n) is 12.4. The molecule has 2 heteroatoms. The molecule has 5 saturated carbocycles. The van der Waals surface area contributed by atoms with Crippen LogP contribution in [0.3, 0.4) is 0 Å². The summed E-state index contributed by atoms with van der Waals surface area (Å²) in [5.41, 5.74) is 2.48. The van der Waals surface area contributed by atoms with Crippen LogP contribution in [0.5, 0.6) is 0 Å². The summed E-state index contributed by atoms with van der Waals surface area (Å²) in [6.45, 7) is 12.8. The second kappa shape index (κ2) is 6.14. The van der Waals surface area contributed by atoms with Gasteiger partial charge in [0.25, 0.3) is 0 Å². The normalized spacial score (nSPS) is 57.5. The fraction of sp³-hybridized carbons (Fsp3) is 1.00. The molecule has 9 atom stereocenters. The molecule has 28 heavy (non-hydrogen) atoms. The van der Waals surface area contributed by atoms with Crippen LogP contribution in [0.2, 0.25) is 0 Å². The maximum atomic E-state index is 10.8. The van der Waals surface area contributed by atoms with Crippen molar-refractivity contribution in [3.05, 3.63) is 0 Å². The Bertz CT molecular complexity index is 659. The minimum Gasteiger partial charge on any atom is -0.393 e. The Kier molecular flexibility index (Phi) is 4.51. The molecule has 0 amide bonds. The molecule has 0 aromatic rings. The van der Waals surface area contributed by atoms with Crippen LogP contribution in [0.4, 0.5) is 0 Å². The van der Waals surface area contributed by atoms with Gasteiger partial charge in [-0.15, -0.1) is 0 Å². The number of hydrogen-bond acceptors (Lipinski definition) is 1. The van der Waals surface area contributed by atoms with Crippen molar-refractivity contribution < 1.29 is 5.11 Å². The van der Waals surface area contributed by atoms with E-state index in [9.17, 15) is 5.11 Å². The summed E-state index contributed by atoms with van der Waals surface area (Å²) in [5, 5.41) is 10.8. The van der Waals surface area contributed by atoms with Crippen molar-refractivity contribution in [2.45, 2.75) is 105 Å². The maximum Gasteiger partial charge on any atom is 0.0594 e.